The molecule has 4 rings (SSSR count). The van der Waals surface area contributed by atoms with Gasteiger partial charge in [-0.25, -0.2) is 4.57 Å². The van der Waals surface area contributed by atoms with E-state index < -0.39 is 0 Å². The van der Waals surface area contributed by atoms with Crippen LogP contribution < -0.4 is 4.57 Å². The summed E-state index contributed by atoms with van der Waals surface area (Å²) >= 11 is 3.58. The third-order valence-electron chi connectivity index (χ3n) is 3.61. The van der Waals surface area contributed by atoms with E-state index in [1.807, 2.05) is 6.33 Å². The Morgan fingerprint density at radius 3 is 2.85 bits per heavy atom. The number of nitrogens with zero attached hydrogens (tertiary/aromatic N) is 2. The summed E-state index contributed by atoms with van der Waals surface area (Å²) in [5.74, 6) is 0. The lowest BCUT2D eigenvalue weighted by molar-refractivity contribution is -0.662. The maximum Gasteiger partial charge on any atom is 0.288 e. The highest BCUT2D eigenvalue weighted by atomic mass is 32.1. The smallest absolute Gasteiger partial charge is 0.232 e. The molecule has 0 atom stereocenters. The molecule has 4 heteroatoms. The van der Waals surface area contributed by atoms with Gasteiger partial charge in [0.25, 0.3) is 6.33 Å². The summed E-state index contributed by atoms with van der Waals surface area (Å²) in [5.41, 5.74) is 3.85. The van der Waals surface area contributed by atoms with Gasteiger partial charge in [-0.15, -0.1) is 11.3 Å². The number of aromatic nitrogens is 2. The highest BCUT2D eigenvalue weighted by Crippen LogP contribution is 2.40. The molecule has 0 spiro atoms. The average molecular weight is 297 g/mol. The fourth-order valence-electron chi connectivity index (χ4n) is 2.65. The van der Waals surface area contributed by atoms with Crippen LogP contribution in [0.3, 0.4) is 0 Å². The first kappa shape index (κ1) is 12.0. The van der Waals surface area contributed by atoms with Gasteiger partial charge in [-0.1, -0.05) is 35.6 Å². The third kappa shape index (κ3) is 1.62. The van der Waals surface area contributed by atoms with Crippen LogP contribution in [0.5, 0.6) is 0 Å². The minimum Gasteiger partial charge on any atom is -0.232 e. The van der Waals surface area contributed by atoms with Crippen molar-refractivity contribution in [1.29, 1.82) is 0 Å². The molecular formula is C16H13N2S2+. The second-order valence-electron chi connectivity index (χ2n) is 4.92. The molecule has 4 aromatic rings. The Bertz CT molecular complexity index is 934. The van der Waals surface area contributed by atoms with E-state index in [-0.39, 0.29) is 0 Å². The number of thiophene rings is 2. The van der Waals surface area contributed by atoms with Crippen molar-refractivity contribution in [3.8, 4) is 11.3 Å². The molecule has 0 N–H and O–H groups in total. The first-order valence-corrected chi connectivity index (χ1v) is 8.15. The van der Waals surface area contributed by atoms with Gasteiger partial charge in [0.1, 0.15) is 11.1 Å². The van der Waals surface area contributed by atoms with Crippen molar-refractivity contribution < 1.29 is 4.57 Å². The van der Waals surface area contributed by atoms with Gasteiger partial charge >= 0.3 is 0 Å². The lowest BCUT2D eigenvalue weighted by atomic mass is 10.0. The van der Waals surface area contributed by atoms with Gasteiger partial charge in [-0.05, 0) is 28.9 Å². The van der Waals surface area contributed by atoms with Gasteiger partial charge in [0.05, 0.1) is 16.4 Å². The van der Waals surface area contributed by atoms with E-state index in [1.54, 1.807) is 22.7 Å². The van der Waals surface area contributed by atoms with Crippen molar-refractivity contribution in [2.24, 2.45) is 7.05 Å². The predicted octanol–water partition coefficient (Wildman–Crippen LogP) is 4.31. The molecule has 2 nitrogen and oxygen atoms in total. The molecule has 3 heterocycles. The molecule has 0 aliphatic carbocycles. The number of hydrogen-bond acceptors (Lipinski definition) is 3. The molecule has 0 radical (unpaired) electrons. The van der Waals surface area contributed by atoms with E-state index in [4.69, 9.17) is 0 Å². The molecule has 20 heavy (non-hydrogen) atoms. The number of hydrogen-bond donors (Lipinski definition) is 0. The topological polar surface area (TPSA) is 16.8 Å². The summed E-state index contributed by atoms with van der Waals surface area (Å²) in [6, 6.07) is 10.7. The Balaban J connectivity index is 2.22. The molecule has 0 aliphatic rings. The Morgan fingerprint density at radius 2 is 2.00 bits per heavy atom. The van der Waals surface area contributed by atoms with Crippen LogP contribution >= 0.6 is 22.7 Å². The lowest BCUT2D eigenvalue weighted by Crippen LogP contribution is -2.31. The van der Waals surface area contributed by atoms with Crippen molar-refractivity contribution in [2.75, 3.05) is 0 Å². The van der Waals surface area contributed by atoms with Gasteiger partial charge < -0.3 is 0 Å². The van der Waals surface area contributed by atoms with Crippen LogP contribution in [0.15, 0.2) is 42.0 Å². The van der Waals surface area contributed by atoms with Crippen LogP contribution in [-0.4, -0.2) is 4.98 Å². The Labute approximate surface area is 125 Å². The molecule has 0 aliphatic heterocycles. The van der Waals surface area contributed by atoms with E-state index in [2.05, 4.69) is 59.2 Å². The van der Waals surface area contributed by atoms with Crippen LogP contribution in [-0.2, 0) is 7.05 Å². The van der Waals surface area contributed by atoms with Gasteiger partial charge in [0, 0.05) is 5.56 Å². The second kappa shape index (κ2) is 4.36. The van der Waals surface area contributed by atoms with Crippen LogP contribution in [0.2, 0.25) is 0 Å². The van der Waals surface area contributed by atoms with Crippen LogP contribution in [0.25, 0.3) is 30.9 Å². The number of fused-ring (bicyclic) bond motifs is 3. The zero-order chi connectivity index (χ0) is 13.7. The maximum atomic E-state index is 4.59. The van der Waals surface area contributed by atoms with Crippen molar-refractivity contribution in [2.45, 2.75) is 6.92 Å². The molecule has 0 fully saturated rings. The fraction of sp³-hybridized carbons (Fsp3) is 0.125. The summed E-state index contributed by atoms with van der Waals surface area (Å²) in [5, 5.41) is 3.45. The quantitative estimate of drug-likeness (QED) is 0.478. The van der Waals surface area contributed by atoms with Gasteiger partial charge in [-0.3, -0.25) is 0 Å². The van der Waals surface area contributed by atoms with Crippen LogP contribution in [0.1, 0.15) is 5.56 Å². The summed E-state index contributed by atoms with van der Waals surface area (Å²) in [7, 11) is 2.07. The van der Waals surface area contributed by atoms with Crippen molar-refractivity contribution in [1.82, 2.24) is 4.98 Å². The molecule has 1 aromatic carbocycles. The van der Waals surface area contributed by atoms with E-state index in [0.29, 0.717) is 0 Å². The number of benzene rings is 1. The largest absolute Gasteiger partial charge is 0.288 e. The second-order valence-corrected chi connectivity index (χ2v) is 6.86. The summed E-state index contributed by atoms with van der Waals surface area (Å²) in [6.07, 6.45) is 1.92. The first-order valence-electron chi connectivity index (χ1n) is 6.46. The normalized spacial score (nSPS) is 11.5. The summed E-state index contributed by atoms with van der Waals surface area (Å²) < 4.78 is 4.82. The number of aryl methyl sites for hydroxylation is 2. The van der Waals surface area contributed by atoms with Crippen molar-refractivity contribution in [3.63, 3.8) is 0 Å². The molecule has 98 valence electrons. The van der Waals surface area contributed by atoms with E-state index >= 15 is 0 Å². The van der Waals surface area contributed by atoms with E-state index in [9.17, 15) is 0 Å². The van der Waals surface area contributed by atoms with Crippen LogP contribution in [0, 0.1) is 6.92 Å². The van der Waals surface area contributed by atoms with E-state index in [1.165, 1.54) is 31.6 Å². The molecular weight excluding hydrogens is 284 g/mol. The maximum absolute atomic E-state index is 4.59. The minimum atomic E-state index is 1.13. The zero-order valence-corrected chi connectivity index (χ0v) is 12.9. The Morgan fingerprint density at radius 1 is 1.15 bits per heavy atom. The van der Waals surface area contributed by atoms with Crippen LogP contribution in [0.4, 0.5) is 0 Å². The monoisotopic (exact) mass is 297 g/mol. The van der Waals surface area contributed by atoms with Gasteiger partial charge in [0.15, 0.2) is 0 Å². The van der Waals surface area contributed by atoms with Crippen molar-refractivity contribution in [3.05, 3.63) is 47.6 Å². The molecule has 0 bridgehead atoms. The van der Waals surface area contributed by atoms with Gasteiger partial charge in [0.2, 0.25) is 4.83 Å². The predicted molar refractivity (Wildman–Crippen MR) is 86.4 cm³/mol. The summed E-state index contributed by atoms with van der Waals surface area (Å²) in [6.45, 7) is 2.17. The highest BCUT2D eigenvalue weighted by Gasteiger charge is 2.21. The lowest BCUT2D eigenvalue weighted by Gasteiger charge is -2.06. The molecule has 0 saturated carbocycles. The Hall–Kier alpha value is -1.78. The van der Waals surface area contributed by atoms with E-state index in [0.717, 1.165) is 4.83 Å². The zero-order valence-electron chi connectivity index (χ0n) is 11.3. The Kier molecular flexibility index (Phi) is 2.62. The standard InChI is InChI=1S/C16H13N2S2/c1-10-5-3-4-6-11(10)14-13-15-12(7-8-19-15)20-16(13)17-9-18(14)2/h3-9H,1-2H3/q+1. The molecule has 0 saturated heterocycles. The first-order chi connectivity index (χ1) is 9.75. The molecule has 0 unspecified atom stereocenters. The molecule has 3 aromatic heterocycles. The minimum absolute atomic E-state index is 1.13. The van der Waals surface area contributed by atoms with Gasteiger partial charge in [-0.2, -0.15) is 0 Å². The molecule has 0 amide bonds. The fourth-order valence-corrected chi connectivity index (χ4v) is 4.84. The van der Waals surface area contributed by atoms with Crippen molar-refractivity contribution >= 4 is 42.3 Å². The SMILES string of the molecule is Cc1ccccc1-c1c2c(nc[n+]1C)sc1ccsc12. The third-order valence-corrected chi connectivity index (χ3v) is 5.74. The highest BCUT2D eigenvalue weighted by molar-refractivity contribution is 7.31. The average Bonchev–Trinajstić information content (AvgIpc) is 3.01. The summed E-state index contributed by atoms with van der Waals surface area (Å²) in [4.78, 5) is 5.72. The number of rotatable bonds is 1.